The zero-order valence-corrected chi connectivity index (χ0v) is 9.20. The Kier molecular flexibility index (Phi) is 3.56. The Hall–Kier alpha value is -1.09. The molecular formula is C12H18N2O. The van der Waals surface area contributed by atoms with Crippen molar-refractivity contribution < 1.29 is 4.74 Å². The van der Waals surface area contributed by atoms with Crippen LogP contribution in [-0.2, 0) is 4.74 Å². The fourth-order valence-electron chi connectivity index (χ4n) is 1.89. The largest absolute Gasteiger partial charge is 0.383 e. The molecule has 0 saturated carbocycles. The van der Waals surface area contributed by atoms with Crippen LogP contribution < -0.4 is 5.32 Å². The van der Waals surface area contributed by atoms with Crippen molar-refractivity contribution in [3.05, 3.63) is 24.0 Å². The summed E-state index contributed by atoms with van der Waals surface area (Å²) in [6.45, 7) is 4.85. The summed E-state index contributed by atoms with van der Waals surface area (Å²) in [5.41, 5.74) is 2.21. The van der Waals surface area contributed by atoms with Gasteiger partial charge in [0, 0.05) is 19.3 Å². The second-order valence-corrected chi connectivity index (χ2v) is 4.10. The molecule has 0 aromatic carbocycles. The number of hydrogen-bond donors (Lipinski definition) is 1. The van der Waals surface area contributed by atoms with E-state index in [4.69, 9.17) is 4.74 Å². The molecule has 3 heteroatoms. The standard InChI is InChI=1S/C12H18N2O/c1-10-12(5-2-6-13-10)14-8-11-4-3-7-15-9-11/h2,5-6,11,14H,3-4,7-9H2,1H3. The number of pyridine rings is 1. The number of ether oxygens (including phenoxy) is 1. The zero-order valence-electron chi connectivity index (χ0n) is 9.20. The number of aromatic nitrogens is 1. The first-order chi connectivity index (χ1) is 7.36. The maximum Gasteiger partial charge on any atom is 0.0603 e. The minimum absolute atomic E-state index is 0.651. The Morgan fingerprint density at radius 1 is 1.60 bits per heavy atom. The third kappa shape index (κ3) is 2.93. The molecule has 15 heavy (non-hydrogen) atoms. The molecule has 1 saturated heterocycles. The summed E-state index contributed by atoms with van der Waals surface area (Å²) in [4.78, 5) is 4.25. The van der Waals surface area contributed by atoms with E-state index < -0.39 is 0 Å². The van der Waals surface area contributed by atoms with Crippen molar-refractivity contribution in [2.24, 2.45) is 5.92 Å². The van der Waals surface area contributed by atoms with E-state index in [1.54, 1.807) is 0 Å². The molecule has 2 rings (SSSR count). The summed E-state index contributed by atoms with van der Waals surface area (Å²) in [7, 11) is 0. The van der Waals surface area contributed by atoms with Crippen molar-refractivity contribution >= 4 is 5.69 Å². The van der Waals surface area contributed by atoms with Crippen LogP contribution in [0.4, 0.5) is 5.69 Å². The van der Waals surface area contributed by atoms with E-state index in [2.05, 4.69) is 16.4 Å². The van der Waals surface area contributed by atoms with E-state index in [-0.39, 0.29) is 0 Å². The van der Waals surface area contributed by atoms with Gasteiger partial charge in [-0.2, -0.15) is 0 Å². The molecule has 1 aliphatic rings. The minimum atomic E-state index is 0.651. The highest BCUT2D eigenvalue weighted by molar-refractivity contribution is 5.46. The summed E-state index contributed by atoms with van der Waals surface area (Å²) in [5.74, 6) is 0.651. The number of hydrogen-bond acceptors (Lipinski definition) is 3. The van der Waals surface area contributed by atoms with Crippen LogP contribution in [0.5, 0.6) is 0 Å². The van der Waals surface area contributed by atoms with Crippen molar-refractivity contribution in [2.75, 3.05) is 25.1 Å². The maximum absolute atomic E-state index is 5.45. The first-order valence-corrected chi connectivity index (χ1v) is 5.59. The molecule has 82 valence electrons. The second kappa shape index (κ2) is 5.12. The van der Waals surface area contributed by atoms with Gasteiger partial charge in [0.1, 0.15) is 0 Å². The van der Waals surface area contributed by atoms with Crippen LogP contribution in [-0.4, -0.2) is 24.7 Å². The van der Waals surface area contributed by atoms with Gasteiger partial charge in [0.15, 0.2) is 0 Å². The molecule has 3 nitrogen and oxygen atoms in total. The van der Waals surface area contributed by atoms with Gasteiger partial charge in [-0.1, -0.05) is 0 Å². The number of rotatable bonds is 3. The number of anilines is 1. The highest BCUT2D eigenvalue weighted by atomic mass is 16.5. The van der Waals surface area contributed by atoms with E-state index in [0.29, 0.717) is 5.92 Å². The normalized spacial score (nSPS) is 21.3. The highest BCUT2D eigenvalue weighted by Gasteiger charge is 2.13. The van der Waals surface area contributed by atoms with Gasteiger partial charge in [-0.15, -0.1) is 0 Å². The number of aryl methyl sites for hydroxylation is 1. The molecule has 0 amide bonds. The first kappa shape index (κ1) is 10.4. The Balaban J connectivity index is 1.84. The highest BCUT2D eigenvalue weighted by Crippen LogP contribution is 2.16. The lowest BCUT2D eigenvalue weighted by molar-refractivity contribution is 0.0595. The third-order valence-corrected chi connectivity index (χ3v) is 2.84. The Morgan fingerprint density at radius 2 is 2.53 bits per heavy atom. The zero-order chi connectivity index (χ0) is 10.5. The summed E-state index contributed by atoms with van der Waals surface area (Å²) in [6, 6.07) is 4.04. The van der Waals surface area contributed by atoms with Gasteiger partial charge in [0.05, 0.1) is 18.0 Å². The fraction of sp³-hybridized carbons (Fsp3) is 0.583. The molecule has 1 aliphatic heterocycles. The van der Waals surface area contributed by atoms with Crippen LogP contribution >= 0.6 is 0 Å². The Bertz CT molecular complexity index is 308. The van der Waals surface area contributed by atoms with Crippen molar-refractivity contribution in [3.8, 4) is 0 Å². The lowest BCUT2D eigenvalue weighted by Crippen LogP contribution is -2.24. The Labute approximate surface area is 90.9 Å². The van der Waals surface area contributed by atoms with E-state index in [0.717, 1.165) is 31.1 Å². The van der Waals surface area contributed by atoms with E-state index in [1.165, 1.54) is 12.8 Å². The average molecular weight is 206 g/mol. The molecule has 1 fully saturated rings. The summed E-state index contributed by atoms with van der Waals surface area (Å²) < 4.78 is 5.45. The van der Waals surface area contributed by atoms with Crippen LogP contribution in [0.2, 0.25) is 0 Å². The van der Waals surface area contributed by atoms with Crippen molar-refractivity contribution in [3.63, 3.8) is 0 Å². The smallest absolute Gasteiger partial charge is 0.0603 e. The quantitative estimate of drug-likeness (QED) is 0.823. The van der Waals surface area contributed by atoms with Crippen LogP contribution in [0, 0.1) is 12.8 Å². The first-order valence-electron chi connectivity index (χ1n) is 5.59. The lowest BCUT2D eigenvalue weighted by atomic mass is 10.0. The van der Waals surface area contributed by atoms with Crippen LogP contribution in [0.25, 0.3) is 0 Å². The van der Waals surface area contributed by atoms with Crippen LogP contribution in [0.1, 0.15) is 18.5 Å². The number of nitrogens with one attached hydrogen (secondary N) is 1. The number of nitrogens with zero attached hydrogens (tertiary/aromatic N) is 1. The van der Waals surface area contributed by atoms with Gasteiger partial charge in [0.25, 0.3) is 0 Å². The third-order valence-electron chi connectivity index (χ3n) is 2.84. The SMILES string of the molecule is Cc1ncccc1NCC1CCCOC1. The molecule has 1 unspecified atom stereocenters. The minimum Gasteiger partial charge on any atom is -0.383 e. The molecule has 1 aromatic rings. The van der Waals surface area contributed by atoms with Crippen molar-refractivity contribution in [2.45, 2.75) is 19.8 Å². The molecule has 0 aliphatic carbocycles. The topological polar surface area (TPSA) is 34.2 Å². The predicted octanol–water partition coefficient (Wildman–Crippen LogP) is 2.23. The maximum atomic E-state index is 5.45. The van der Waals surface area contributed by atoms with Gasteiger partial charge < -0.3 is 10.1 Å². The van der Waals surface area contributed by atoms with Gasteiger partial charge >= 0.3 is 0 Å². The van der Waals surface area contributed by atoms with Gasteiger partial charge in [-0.05, 0) is 37.8 Å². The predicted molar refractivity (Wildman–Crippen MR) is 61.0 cm³/mol. The van der Waals surface area contributed by atoms with E-state index >= 15 is 0 Å². The lowest BCUT2D eigenvalue weighted by Gasteiger charge is -2.22. The molecule has 1 N–H and O–H groups in total. The molecule has 0 radical (unpaired) electrons. The van der Waals surface area contributed by atoms with Gasteiger partial charge in [-0.3, -0.25) is 4.98 Å². The fourth-order valence-corrected chi connectivity index (χ4v) is 1.89. The molecule has 0 spiro atoms. The van der Waals surface area contributed by atoms with Crippen LogP contribution in [0.3, 0.4) is 0 Å². The van der Waals surface area contributed by atoms with Crippen LogP contribution in [0.15, 0.2) is 18.3 Å². The molecule has 2 heterocycles. The average Bonchev–Trinajstić information content (AvgIpc) is 2.29. The molecule has 1 atom stereocenters. The Morgan fingerprint density at radius 3 is 3.27 bits per heavy atom. The van der Waals surface area contributed by atoms with E-state index in [9.17, 15) is 0 Å². The van der Waals surface area contributed by atoms with Crippen molar-refractivity contribution in [1.29, 1.82) is 0 Å². The van der Waals surface area contributed by atoms with Gasteiger partial charge in [0.2, 0.25) is 0 Å². The molecule has 1 aromatic heterocycles. The van der Waals surface area contributed by atoms with Crippen molar-refractivity contribution in [1.82, 2.24) is 4.98 Å². The summed E-state index contributed by atoms with van der Waals surface area (Å²) in [5, 5.41) is 3.44. The summed E-state index contributed by atoms with van der Waals surface area (Å²) >= 11 is 0. The monoisotopic (exact) mass is 206 g/mol. The van der Waals surface area contributed by atoms with Gasteiger partial charge in [-0.25, -0.2) is 0 Å². The van der Waals surface area contributed by atoms with E-state index in [1.807, 2.05) is 19.2 Å². The molecular weight excluding hydrogens is 188 g/mol. The second-order valence-electron chi connectivity index (χ2n) is 4.10. The summed E-state index contributed by atoms with van der Waals surface area (Å²) in [6.07, 6.45) is 4.29. The molecule has 0 bridgehead atoms.